The van der Waals surface area contributed by atoms with Gasteiger partial charge in [-0.15, -0.1) is 0 Å². The predicted octanol–water partition coefficient (Wildman–Crippen LogP) is 3.43. The maximum absolute atomic E-state index is 12.4. The molecule has 1 spiro atoms. The number of carbonyl (C=O) groups excluding carboxylic acids is 1. The summed E-state index contributed by atoms with van der Waals surface area (Å²) in [5.41, 5.74) is 2.78. The van der Waals surface area contributed by atoms with Crippen LogP contribution in [0.2, 0.25) is 0 Å². The molecule has 0 aromatic heterocycles. The monoisotopic (exact) mass is 383 g/mol. The molecule has 0 N–H and O–H groups in total. The summed E-state index contributed by atoms with van der Waals surface area (Å²) >= 11 is 0. The Morgan fingerprint density at radius 1 is 1.04 bits per heavy atom. The average molecular weight is 384 g/mol. The third-order valence-electron chi connectivity index (χ3n) is 6.01. The van der Waals surface area contributed by atoms with Gasteiger partial charge in [0.2, 0.25) is 5.91 Å². The molecule has 4 nitrogen and oxygen atoms in total. The number of amides is 1. The SMILES string of the molecule is CS(=O)(=O)c1ccc(CCC(=O)N2CC3(CC(c4ccccc4)C3)C2)cc1. The number of carbonyl (C=O) groups is 1. The number of nitrogens with zero attached hydrogens (tertiary/aromatic N) is 1. The number of likely N-dealkylation sites (tertiary alicyclic amines) is 1. The second-order valence-corrected chi connectivity index (χ2v) is 10.2. The van der Waals surface area contributed by atoms with Gasteiger partial charge in [-0.2, -0.15) is 0 Å². The molecule has 1 aliphatic heterocycles. The number of hydrogen-bond donors (Lipinski definition) is 0. The van der Waals surface area contributed by atoms with E-state index in [-0.39, 0.29) is 5.91 Å². The van der Waals surface area contributed by atoms with Crippen molar-refractivity contribution in [3.05, 3.63) is 65.7 Å². The summed E-state index contributed by atoms with van der Waals surface area (Å²) < 4.78 is 23.0. The van der Waals surface area contributed by atoms with Crippen molar-refractivity contribution in [2.24, 2.45) is 5.41 Å². The summed E-state index contributed by atoms with van der Waals surface area (Å²) in [6, 6.07) is 17.5. The van der Waals surface area contributed by atoms with E-state index in [0.717, 1.165) is 18.7 Å². The quantitative estimate of drug-likeness (QED) is 0.795. The molecule has 5 heteroatoms. The van der Waals surface area contributed by atoms with Gasteiger partial charge in [0, 0.05) is 31.2 Å². The van der Waals surface area contributed by atoms with Crippen molar-refractivity contribution < 1.29 is 13.2 Å². The van der Waals surface area contributed by atoms with E-state index in [1.54, 1.807) is 24.3 Å². The van der Waals surface area contributed by atoms with Crippen molar-refractivity contribution in [1.82, 2.24) is 4.90 Å². The summed E-state index contributed by atoms with van der Waals surface area (Å²) in [5.74, 6) is 0.854. The Morgan fingerprint density at radius 2 is 1.67 bits per heavy atom. The topological polar surface area (TPSA) is 54.5 Å². The minimum absolute atomic E-state index is 0.205. The fraction of sp³-hybridized carbons (Fsp3) is 0.409. The van der Waals surface area contributed by atoms with Gasteiger partial charge in [-0.1, -0.05) is 42.5 Å². The van der Waals surface area contributed by atoms with Gasteiger partial charge in [0.1, 0.15) is 0 Å². The van der Waals surface area contributed by atoms with E-state index in [2.05, 4.69) is 30.3 Å². The fourth-order valence-corrected chi connectivity index (χ4v) is 5.09. The highest BCUT2D eigenvalue weighted by molar-refractivity contribution is 7.90. The molecule has 1 amide bonds. The van der Waals surface area contributed by atoms with Crippen molar-refractivity contribution in [3.63, 3.8) is 0 Å². The highest BCUT2D eigenvalue weighted by Crippen LogP contribution is 2.56. The van der Waals surface area contributed by atoms with Crippen molar-refractivity contribution in [2.45, 2.75) is 36.5 Å². The van der Waals surface area contributed by atoms with Crippen LogP contribution in [0.4, 0.5) is 0 Å². The number of aryl methyl sites for hydroxylation is 1. The Balaban J connectivity index is 1.23. The first-order chi connectivity index (χ1) is 12.8. The third kappa shape index (κ3) is 3.79. The van der Waals surface area contributed by atoms with E-state index >= 15 is 0 Å². The van der Waals surface area contributed by atoms with Crippen LogP contribution in [0.25, 0.3) is 0 Å². The summed E-state index contributed by atoms with van der Waals surface area (Å²) in [6.45, 7) is 1.78. The number of rotatable bonds is 5. The predicted molar refractivity (Wildman–Crippen MR) is 105 cm³/mol. The zero-order valence-corrected chi connectivity index (χ0v) is 16.4. The molecule has 4 rings (SSSR count). The van der Waals surface area contributed by atoms with Crippen LogP contribution in [0.3, 0.4) is 0 Å². The van der Waals surface area contributed by atoms with Crippen LogP contribution >= 0.6 is 0 Å². The lowest BCUT2D eigenvalue weighted by molar-refractivity contribution is -0.151. The first-order valence-electron chi connectivity index (χ1n) is 9.46. The maximum atomic E-state index is 12.4. The maximum Gasteiger partial charge on any atom is 0.222 e. The molecular formula is C22H25NO3S. The van der Waals surface area contributed by atoms with Crippen LogP contribution < -0.4 is 0 Å². The van der Waals surface area contributed by atoms with Gasteiger partial charge in [-0.05, 0) is 48.4 Å². The molecule has 142 valence electrons. The molecule has 1 aliphatic carbocycles. The van der Waals surface area contributed by atoms with Gasteiger partial charge in [0.05, 0.1) is 4.90 Å². The zero-order chi connectivity index (χ0) is 19.1. The number of hydrogen-bond acceptors (Lipinski definition) is 3. The summed E-state index contributed by atoms with van der Waals surface area (Å²) in [4.78, 5) is 14.7. The molecule has 2 fully saturated rings. The Kier molecular flexibility index (Phi) is 4.58. The van der Waals surface area contributed by atoms with Gasteiger partial charge < -0.3 is 4.90 Å². The van der Waals surface area contributed by atoms with Crippen LogP contribution in [0.15, 0.2) is 59.5 Å². The molecule has 1 saturated carbocycles. The van der Waals surface area contributed by atoms with Crippen LogP contribution in [-0.4, -0.2) is 38.6 Å². The van der Waals surface area contributed by atoms with Gasteiger partial charge >= 0.3 is 0 Å². The van der Waals surface area contributed by atoms with E-state index in [4.69, 9.17) is 0 Å². The number of sulfone groups is 1. The third-order valence-corrected chi connectivity index (χ3v) is 7.14. The minimum Gasteiger partial charge on any atom is -0.341 e. The van der Waals surface area contributed by atoms with Crippen LogP contribution in [0.1, 0.15) is 36.3 Å². The van der Waals surface area contributed by atoms with E-state index in [1.165, 1.54) is 24.7 Å². The Bertz CT molecular complexity index is 921. The molecule has 0 radical (unpaired) electrons. The molecule has 1 saturated heterocycles. The Labute approximate surface area is 161 Å². The van der Waals surface area contributed by atoms with Gasteiger partial charge in [0.15, 0.2) is 9.84 Å². The smallest absolute Gasteiger partial charge is 0.222 e. The van der Waals surface area contributed by atoms with Gasteiger partial charge in [0.25, 0.3) is 0 Å². The molecular weight excluding hydrogens is 358 g/mol. The van der Waals surface area contributed by atoms with Crippen LogP contribution in [0.5, 0.6) is 0 Å². The summed E-state index contributed by atoms with van der Waals surface area (Å²) in [5, 5.41) is 0. The van der Waals surface area contributed by atoms with Gasteiger partial charge in [-0.3, -0.25) is 4.79 Å². The first-order valence-corrected chi connectivity index (χ1v) is 11.4. The lowest BCUT2D eigenvalue weighted by Crippen LogP contribution is -2.63. The second-order valence-electron chi connectivity index (χ2n) is 8.18. The lowest BCUT2D eigenvalue weighted by atomic mass is 9.56. The lowest BCUT2D eigenvalue weighted by Gasteiger charge is -2.59. The molecule has 2 aromatic carbocycles. The molecule has 0 atom stereocenters. The van der Waals surface area contributed by atoms with E-state index < -0.39 is 9.84 Å². The summed E-state index contributed by atoms with van der Waals surface area (Å²) in [6.07, 6.45) is 4.71. The first kappa shape index (κ1) is 18.2. The van der Waals surface area contributed by atoms with Crippen LogP contribution in [-0.2, 0) is 21.1 Å². The second kappa shape index (κ2) is 6.79. The standard InChI is InChI=1S/C22H25NO3S/c1-27(25,26)20-10-7-17(8-11-20)9-12-21(24)23-15-22(16-23)13-19(14-22)18-5-3-2-4-6-18/h2-8,10-11,19H,9,12-16H2,1H3. The van der Waals surface area contributed by atoms with E-state index in [1.807, 2.05) is 4.90 Å². The highest BCUT2D eigenvalue weighted by atomic mass is 32.2. The fourth-order valence-electron chi connectivity index (χ4n) is 4.46. The number of benzene rings is 2. The molecule has 1 heterocycles. The molecule has 2 aromatic rings. The van der Waals surface area contributed by atoms with Crippen molar-refractivity contribution in [1.29, 1.82) is 0 Å². The average Bonchev–Trinajstić information content (AvgIpc) is 2.58. The van der Waals surface area contributed by atoms with Crippen molar-refractivity contribution in [2.75, 3.05) is 19.3 Å². The zero-order valence-electron chi connectivity index (χ0n) is 15.6. The van der Waals surface area contributed by atoms with Gasteiger partial charge in [-0.25, -0.2) is 8.42 Å². The summed E-state index contributed by atoms with van der Waals surface area (Å²) in [7, 11) is -3.17. The van der Waals surface area contributed by atoms with E-state index in [0.29, 0.717) is 29.1 Å². The van der Waals surface area contributed by atoms with E-state index in [9.17, 15) is 13.2 Å². The Hall–Kier alpha value is -2.14. The van der Waals surface area contributed by atoms with Crippen molar-refractivity contribution >= 4 is 15.7 Å². The Morgan fingerprint density at radius 3 is 2.26 bits per heavy atom. The molecule has 0 unspecified atom stereocenters. The molecule has 0 bridgehead atoms. The highest BCUT2D eigenvalue weighted by Gasteiger charge is 2.53. The minimum atomic E-state index is -3.17. The molecule has 27 heavy (non-hydrogen) atoms. The van der Waals surface area contributed by atoms with Crippen LogP contribution in [0, 0.1) is 5.41 Å². The normalized spacial score (nSPS) is 18.8. The largest absolute Gasteiger partial charge is 0.341 e. The van der Waals surface area contributed by atoms with Crippen molar-refractivity contribution in [3.8, 4) is 0 Å². The molecule has 2 aliphatic rings.